The van der Waals surface area contributed by atoms with Crippen LogP contribution in [0.25, 0.3) is 28.0 Å². The van der Waals surface area contributed by atoms with Gasteiger partial charge in [-0.3, -0.25) is 9.56 Å². The number of nitrogens with one attached hydrogen (secondary N) is 2. The minimum atomic E-state index is -0.581. The number of H-pyrrole nitrogens is 1. The summed E-state index contributed by atoms with van der Waals surface area (Å²) in [7, 11) is 0. The van der Waals surface area contributed by atoms with E-state index in [1.54, 1.807) is 43.5 Å². The number of hydrogen-bond donors (Lipinski definition) is 3. The SMILES string of the molecule is CC(N)=NCCCNCc1ccc(-n2cc3cc(-c4cc(CCCC(C)C)cc(Cl)c4F)[nH]c3nc2=O)cc1F. The highest BCUT2D eigenvalue weighted by Gasteiger charge is 2.16. The van der Waals surface area contributed by atoms with E-state index >= 15 is 4.39 Å². The second kappa shape index (κ2) is 13.2. The van der Waals surface area contributed by atoms with E-state index < -0.39 is 17.3 Å². The highest BCUT2D eigenvalue weighted by molar-refractivity contribution is 6.31. The lowest BCUT2D eigenvalue weighted by atomic mass is 10.00. The molecule has 0 saturated heterocycles. The monoisotopic (exact) mass is 568 g/mol. The normalized spacial score (nSPS) is 12.1. The Morgan fingerprint density at radius 3 is 2.73 bits per heavy atom. The van der Waals surface area contributed by atoms with Crippen LogP contribution in [0, 0.1) is 17.6 Å². The van der Waals surface area contributed by atoms with E-state index in [0.717, 1.165) is 31.2 Å². The van der Waals surface area contributed by atoms with Gasteiger partial charge >= 0.3 is 5.69 Å². The first kappa shape index (κ1) is 29.4. The van der Waals surface area contributed by atoms with Crippen molar-refractivity contribution in [3.8, 4) is 16.9 Å². The third kappa shape index (κ3) is 7.34. The number of aliphatic imine (C=N–C) groups is 1. The minimum Gasteiger partial charge on any atom is -0.388 e. The summed E-state index contributed by atoms with van der Waals surface area (Å²) >= 11 is 6.22. The molecule has 10 heteroatoms. The Bertz CT molecular complexity index is 1570. The fraction of sp³-hybridized carbons (Fsp3) is 0.367. The number of halogens is 3. The molecule has 7 nitrogen and oxygen atoms in total. The van der Waals surface area contributed by atoms with Gasteiger partial charge in [-0.1, -0.05) is 37.9 Å². The van der Waals surface area contributed by atoms with Gasteiger partial charge in [0.2, 0.25) is 0 Å². The molecule has 4 rings (SSSR count). The molecular weight excluding hydrogens is 534 g/mol. The fourth-order valence-corrected chi connectivity index (χ4v) is 4.78. The van der Waals surface area contributed by atoms with Crippen molar-refractivity contribution in [1.82, 2.24) is 19.9 Å². The average Bonchev–Trinajstić information content (AvgIpc) is 3.30. The van der Waals surface area contributed by atoms with Crippen LogP contribution < -0.4 is 16.7 Å². The standard InChI is InChI=1S/C30H35ClF2N6O/c1-18(2)6-4-7-20-12-24(28(33)25(31)13-20)27-14-22-17-39(30(40)38-29(22)37-27)23-9-8-21(26(32)15-23)16-35-10-5-11-36-19(3)34/h8-9,12-15,17-18,35H,4-7,10-11,16H2,1-3H3,(H2,34,36)(H,37,38,40). The molecule has 2 aromatic carbocycles. The molecule has 2 heterocycles. The molecule has 0 aliphatic carbocycles. The minimum absolute atomic E-state index is 0.0486. The van der Waals surface area contributed by atoms with Gasteiger partial charge < -0.3 is 16.0 Å². The van der Waals surface area contributed by atoms with E-state index in [0.29, 0.717) is 64.9 Å². The molecule has 4 N–H and O–H groups in total. The van der Waals surface area contributed by atoms with Crippen molar-refractivity contribution in [3.05, 3.63) is 80.9 Å². The van der Waals surface area contributed by atoms with Crippen LogP contribution in [0.4, 0.5) is 8.78 Å². The molecule has 0 saturated carbocycles. The Morgan fingerprint density at radius 2 is 2.00 bits per heavy atom. The summed E-state index contributed by atoms with van der Waals surface area (Å²) in [6.07, 6.45) is 5.18. The summed E-state index contributed by atoms with van der Waals surface area (Å²) < 4.78 is 31.2. The first-order valence-corrected chi connectivity index (χ1v) is 13.9. The number of nitrogens with zero attached hydrogens (tertiary/aromatic N) is 3. The van der Waals surface area contributed by atoms with E-state index in [1.807, 2.05) is 0 Å². The lowest BCUT2D eigenvalue weighted by Crippen LogP contribution is -2.21. The van der Waals surface area contributed by atoms with Gasteiger partial charge in [-0.15, -0.1) is 0 Å². The third-order valence-corrected chi connectivity index (χ3v) is 6.91. The number of fused-ring (bicyclic) bond motifs is 1. The molecule has 0 aliphatic heterocycles. The van der Waals surface area contributed by atoms with Crippen LogP contribution in [-0.4, -0.2) is 33.5 Å². The van der Waals surface area contributed by atoms with E-state index in [1.165, 1.54) is 10.6 Å². The van der Waals surface area contributed by atoms with Crippen molar-refractivity contribution in [2.24, 2.45) is 16.6 Å². The van der Waals surface area contributed by atoms with Crippen molar-refractivity contribution in [2.75, 3.05) is 13.1 Å². The lowest BCUT2D eigenvalue weighted by Gasteiger charge is -2.09. The van der Waals surface area contributed by atoms with Crippen LogP contribution in [-0.2, 0) is 13.0 Å². The maximum atomic E-state index is 15.0. The molecule has 0 bridgehead atoms. The molecule has 0 spiro atoms. The molecule has 4 aromatic rings. The van der Waals surface area contributed by atoms with Crippen LogP contribution in [0.3, 0.4) is 0 Å². The third-order valence-electron chi connectivity index (χ3n) is 6.64. The Kier molecular flexibility index (Phi) is 9.71. The Balaban J connectivity index is 1.54. The second-order valence-corrected chi connectivity index (χ2v) is 10.8. The van der Waals surface area contributed by atoms with Crippen molar-refractivity contribution in [1.29, 1.82) is 0 Å². The fourth-order valence-electron chi connectivity index (χ4n) is 4.54. The van der Waals surface area contributed by atoms with Gasteiger partial charge in [-0.2, -0.15) is 4.98 Å². The summed E-state index contributed by atoms with van der Waals surface area (Å²) in [5.41, 5.74) is 7.80. The molecule has 0 fully saturated rings. The van der Waals surface area contributed by atoms with Crippen LogP contribution in [0.1, 0.15) is 51.2 Å². The highest BCUT2D eigenvalue weighted by atomic mass is 35.5. The number of amidine groups is 1. The highest BCUT2D eigenvalue weighted by Crippen LogP contribution is 2.31. The molecule has 0 radical (unpaired) electrons. The van der Waals surface area contributed by atoms with Gasteiger partial charge in [-0.05, 0) is 74.5 Å². The summed E-state index contributed by atoms with van der Waals surface area (Å²) in [6.45, 7) is 7.69. The molecule has 40 heavy (non-hydrogen) atoms. The summed E-state index contributed by atoms with van der Waals surface area (Å²) in [6, 6.07) is 9.78. The Hall–Kier alpha value is -3.56. The van der Waals surface area contributed by atoms with Crippen molar-refractivity contribution < 1.29 is 8.78 Å². The quantitative estimate of drug-likeness (QED) is 0.108. The lowest BCUT2D eigenvalue weighted by molar-refractivity contribution is 0.555. The smallest absolute Gasteiger partial charge is 0.354 e. The maximum Gasteiger partial charge on any atom is 0.354 e. The first-order chi connectivity index (χ1) is 19.1. The first-order valence-electron chi connectivity index (χ1n) is 13.5. The van der Waals surface area contributed by atoms with E-state index in [2.05, 4.69) is 34.1 Å². The van der Waals surface area contributed by atoms with E-state index in [9.17, 15) is 9.18 Å². The van der Waals surface area contributed by atoms with Gasteiger partial charge in [-0.25, -0.2) is 13.6 Å². The summed E-state index contributed by atoms with van der Waals surface area (Å²) in [5, 5.41) is 3.81. The van der Waals surface area contributed by atoms with Gasteiger partial charge in [0.05, 0.1) is 22.2 Å². The van der Waals surface area contributed by atoms with Gasteiger partial charge in [0, 0.05) is 35.8 Å². The number of nitrogens with two attached hydrogens (primary N) is 1. The number of hydrogen-bond acceptors (Lipinski definition) is 4. The molecular formula is C30H35ClF2N6O. The number of aryl methyl sites for hydroxylation is 1. The van der Waals surface area contributed by atoms with Gasteiger partial charge in [0.15, 0.2) is 5.82 Å². The molecule has 0 unspecified atom stereocenters. The Morgan fingerprint density at radius 1 is 1.20 bits per heavy atom. The predicted molar refractivity (Wildman–Crippen MR) is 158 cm³/mol. The second-order valence-electron chi connectivity index (χ2n) is 10.4. The van der Waals surface area contributed by atoms with Crippen LogP contribution in [0.15, 0.2) is 52.4 Å². The molecule has 0 amide bonds. The molecule has 212 valence electrons. The molecule has 0 aliphatic rings. The van der Waals surface area contributed by atoms with Crippen molar-refractivity contribution in [3.63, 3.8) is 0 Å². The number of rotatable bonds is 12. The van der Waals surface area contributed by atoms with Crippen molar-refractivity contribution in [2.45, 2.75) is 53.0 Å². The zero-order chi connectivity index (χ0) is 28.8. The Labute approximate surface area is 237 Å². The largest absolute Gasteiger partial charge is 0.388 e. The predicted octanol–water partition coefficient (Wildman–Crippen LogP) is 6.15. The van der Waals surface area contributed by atoms with Gasteiger partial charge in [0.25, 0.3) is 0 Å². The number of benzene rings is 2. The van der Waals surface area contributed by atoms with Crippen LogP contribution in [0.5, 0.6) is 0 Å². The number of aromatic nitrogens is 3. The average molecular weight is 569 g/mol. The van der Waals surface area contributed by atoms with Crippen LogP contribution in [0.2, 0.25) is 5.02 Å². The zero-order valence-electron chi connectivity index (χ0n) is 23.0. The molecule has 0 atom stereocenters. The number of aromatic amines is 1. The van der Waals surface area contributed by atoms with Crippen LogP contribution >= 0.6 is 11.6 Å². The maximum absolute atomic E-state index is 15.0. The summed E-state index contributed by atoms with van der Waals surface area (Å²) in [5.74, 6) is 0.151. The molecule has 2 aromatic heterocycles. The zero-order valence-corrected chi connectivity index (χ0v) is 23.8. The van der Waals surface area contributed by atoms with Gasteiger partial charge in [0.1, 0.15) is 11.5 Å². The topological polar surface area (TPSA) is 101 Å². The van der Waals surface area contributed by atoms with Crippen molar-refractivity contribution >= 4 is 28.5 Å². The summed E-state index contributed by atoms with van der Waals surface area (Å²) in [4.78, 5) is 24.1. The van der Waals surface area contributed by atoms with E-state index in [-0.39, 0.29) is 5.02 Å². The van der Waals surface area contributed by atoms with E-state index in [4.69, 9.17) is 17.3 Å².